The van der Waals surface area contributed by atoms with Crippen molar-refractivity contribution in [3.63, 3.8) is 0 Å². The quantitative estimate of drug-likeness (QED) is 0.861. The maximum atomic E-state index is 12.6. The Morgan fingerprint density at radius 1 is 1.31 bits per heavy atom. The Kier molecular flexibility index (Phi) is 5.93. The lowest BCUT2D eigenvalue weighted by Crippen LogP contribution is -2.41. The average Bonchev–Trinajstić information content (AvgIpc) is 2.86. The topological polar surface area (TPSA) is 61.8 Å². The van der Waals surface area contributed by atoms with Crippen molar-refractivity contribution in [3.05, 3.63) is 53.1 Å². The SMILES string of the molecule is COc1ccc2c(c1)CN(C(=O)NCCc1ccc(O)c(C)c1)CCS2. The Morgan fingerprint density at radius 3 is 2.92 bits per heavy atom. The maximum absolute atomic E-state index is 12.6. The van der Waals surface area contributed by atoms with Gasteiger partial charge in [0.05, 0.1) is 7.11 Å². The van der Waals surface area contributed by atoms with E-state index in [1.165, 1.54) is 4.90 Å². The van der Waals surface area contributed by atoms with Crippen molar-refractivity contribution in [1.29, 1.82) is 0 Å². The first-order valence-corrected chi connectivity index (χ1v) is 9.66. The molecular weight excluding hydrogens is 348 g/mol. The second kappa shape index (κ2) is 8.36. The molecule has 0 saturated carbocycles. The van der Waals surface area contributed by atoms with E-state index in [1.807, 2.05) is 36.1 Å². The van der Waals surface area contributed by atoms with Gasteiger partial charge >= 0.3 is 6.03 Å². The Labute approximate surface area is 158 Å². The van der Waals surface area contributed by atoms with Crippen molar-refractivity contribution in [2.75, 3.05) is 26.0 Å². The number of methoxy groups -OCH3 is 1. The predicted molar refractivity (Wildman–Crippen MR) is 104 cm³/mol. The van der Waals surface area contributed by atoms with Gasteiger partial charge in [0.1, 0.15) is 11.5 Å². The molecule has 6 heteroatoms. The molecule has 0 saturated heterocycles. The third kappa shape index (κ3) is 4.43. The number of fused-ring (bicyclic) bond motifs is 1. The minimum absolute atomic E-state index is 0.0447. The molecule has 2 amide bonds. The fraction of sp³-hybridized carbons (Fsp3) is 0.350. The number of hydrogen-bond acceptors (Lipinski definition) is 4. The van der Waals surface area contributed by atoms with Gasteiger partial charge < -0.3 is 20.1 Å². The average molecular weight is 372 g/mol. The molecule has 0 aliphatic carbocycles. The van der Waals surface area contributed by atoms with Crippen molar-refractivity contribution in [3.8, 4) is 11.5 Å². The van der Waals surface area contributed by atoms with Gasteiger partial charge in [-0.25, -0.2) is 4.79 Å². The number of aryl methyl sites for hydroxylation is 1. The Morgan fingerprint density at radius 2 is 2.15 bits per heavy atom. The van der Waals surface area contributed by atoms with Crippen LogP contribution in [0.2, 0.25) is 0 Å². The molecule has 0 atom stereocenters. The highest BCUT2D eigenvalue weighted by atomic mass is 32.2. The van der Waals surface area contributed by atoms with Gasteiger partial charge in [-0.05, 0) is 54.3 Å². The summed E-state index contributed by atoms with van der Waals surface area (Å²) in [7, 11) is 1.65. The molecule has 2 aromatic rings. The lowest BCUT2D eigenvalue weighted by molar-refractivity contribution is 0.199. The van der Waals surface area contributed by atoms with Crippen LogP contribution in [0, 0.1) is 6.92 Å². The van der Waals surface area contributed by atoms with Crippen LogP contribution in [0.4, 0.5) is 4.79 Å². The maximum Gasteiger partial charge on any atom is 0.317 e. The molecule has 3 rings (SSSR count). The summed E-state index contributed by atoms with van der Waals surface area (Å²) >= 11 is 1.77. The summed E-state index contributed by atoms with van der Waals surface area (Å²) in [6.07, 6.45) is 0.736. The van der Waals surface area contributed by atoms with Gasteiger partial charge in [-0.3, -0.25) is 0 Å². The lowest BCUT2D eigenvalue weighted by atomic mass is 10.1. The van der Waals surface area contributed by atoms with Crippen LogP contribution in [0.3, 0.4) is 0 Å². The summed E-state index contributed by atoms with van der Waals surface area (Å²) < 4.78 is 5.30. The van der Waals surface area contributed by atoms with Crippen LogP contribution in [0.15, 0.2) is 41.3 Å². The Hall–Kier alpha value is -2.34. The summed E-state index contributed by atoms with van der Waals surface area (Å²) in [5, 5.41) is 12.6. The first-order valence-electron chi connectivity index (χ1n) is 8.68. The van der Waals surface area contributed by atoms with Crippen molar-refractivity contribution in [2.24, 2.45) is 0 Å². The molecule has 0 unspecified atom stereocenters. The highest BCUT2D eigenvalue weighted by molar-refractivity contribution is 7.99. The number of urea groups is 1. The van der Waals surface area contributed by atoms with Crippen molar-refractivity contribution < 1.29 is 14.6 Å². The molecule has 1 aliphatic rings. The predicted octanol–water partition coefficient (Wildman–Crippen LogP) is 3.57. The molecule has 1 aliphatic heterocycles. The van der Waals surface area contributed by atoms with E-state index in [0.29, 0.717) is 25.4 Å². The number of amides is 2. The van der Waals surface area contributed by atoms with Crippen LogP contribution >= 0.6 is 11.8 Å². The molecule has 5 nitrogen and oxygen atoms in total. The van der Waals surface area contributed by atoms with Crippen molar-refractivity contribution in [1.82, 2.24) is 10.2 Å². The van der Waals surface area contributed by atoms with E-state index in [-0.39, 0.29) is 6.03 Å². The van der Waals surface area contributed by atoms with Gasteiger partial charge in [-0.2, -0.15) is 0 Å². The van der Waals surface area contributed by atoms with E-state index in [9.17, 15) is 9.90 Å². The second-order valence-corrected chi connectivity index (χ2v) is 7.48. The second-order valence-electron chi connectivity index (χ2n) is 6.35. The minimum atomic E-state index is -0.0447. The largest absolute Gasteiger partial charge is 0.508 e. The third-order valence-corrected chi connectivity index (χ3v) is 5.58. The highest BCUT2D eigenvalue weighted by Gasteiger charge is 2.19. The van der Waals surface area contributed by atoms with Gasteiger partial charge in [0.15, 0.2) is 0 Å². The van der Waals surface area contributed by atoms with Crippen LogP contribution in [0.5, 0.6) is 11.5 Å². The fourth-order valence-electron chi connectivity index (χ4n) is 2.97. The number of nitrogens with one attached hydrogen (secondary N) is 1. The van der Waals surface area contributed by atoms with Gasteiger partial charge in [0.2, 0.25) is 0 Å². The Balaban J connectivity index is 1.57. The van der Waals surface area contributed by atoms with Crippen molar-refractivity contribution in [2.45, 2.75) is 24.8 Å². The number of phenolic OH excluding ortho intramolecular Hbond substituents is 1. The zero-order chi connectivity index (χ0) is 18.5. The number of carbonyl (C=O) groups is 1. The number of thioether (sulfide) groups is 1. The van der Waals surface area contributed by atoms with Crippen LogP contribution in [0.25, 0.3) is 0 Å². The number of ether oxygens (including phenoxy) is 1. The molecule has 138 valence electrons. The summed E-state index contributed by atoms with van der Waals surface area (Å²) in [6.45, 7) is 3.74. The first kappa shape index (κ1) is 18.5. The molecular formula is C20H24N2O3S. The van der Waals surface area contributed by atoms with E-state index in [1.54, 1.807) is 24.9 Å². The molecule has 2 aromatic carbocycles. The number of aromatic hydroxyl groups is 1. The van der Waals surface area contributed by atoms with Crippen molar-refractivity contribution >= 4 is 17.8 Å². The minimum Gasteiger partial charge on any atom is -0.508 e. The number of benzene rings is 2. The fourth-order valence-corrected chi connectivity index (χ4v) is 3.97. The summed E-state index contributed by atoms with van der Waals surface area (Å²) in [5.74, 6) is 1.99. The van der Waals surface area contributed by atoms with Gasteiger partial charge in [0.25, 0.3) is 0 Å². The molecule has 1 heterocycles. The van der Waals surface area contributed by atoms with Crippen LogP contribution < -0.4 is 10.1 Å². The number of nitrogens with zero attached hydrogens (tertiary/aromatic N) is 1. The molecule has 0 aromatic heterocycles. The van der Waals surface area contributed by atoms with Gasteiger partial charge in [0, 0.05) is 30.3 Å². The number of phenols is 1. The molecule has 0 spiro atoms. The van der Waals surface area contributed by atoms with Crippen LogP contribution in [0.1, 0.15) is 16.7 Å². The molecule has 2 N–H and O–H groups in total. The van der Waals surface area contributed by atoms with Gasteiger partial charge in [-0.1, -0.05) is 12.1 Å². The zero-order valence-corrected chi connectivity index (χ0v) is 15.9. The Bertz CT molecular complexity index is 795. The standard InChI is InChI=1S/C20H24N2O3S/c1-14-11-15(3-5-18(14)23)7-8-21-20(24)22-9-10-26-19-6-4-17(25-2)12-16(19)13-22/h3-6,11-12,23H,7-10,13H2,1-2H3,(H,21,24). The molecule has 0 bridgehead atoms. The first-order chi connectivity index (χ1) is 12.6. The third-order valence-electron chi connectivity index (χ3n) is 4.49. The van der Waals surface area contributed by atoms with E-state index >= 15 is 0 Å². The molecule has 26 heavy (non-hydrogen) atoms. The summed E-state index contributed by atoms with van der Waals surface area (Å²) in [5.41, 5.74) is 3.07. The number of carbonyl (C=O) groups excluding carboxylic acids is 1. The summed E-state index contributed by atoms with van der Waals surface area (Å²) in [6, 6.07) is 11.5. The smallest absolute Gasteiger partial charge is 0.317 e. The van der Waals surface area contributed by atoms with E-state index < -0.39 is 0 Å². The normalized spacial score (nSPS) is 13.7. The zero-order valence-electron chi connectivity index (χ0n) is 15.1. The molecule has 0 fully saturated rings. The van der Waals surface area contributed by atoms with Gasteiger partial charge in [-0.15, -0.1) is 11.8 Å². The number of hydrogen-bond donors (Lipinski definition) is 2. The van der Waals surface area contributed by atoms with E-state index in [4.69, 9.17) is 4.74 Å². The summed E-state index contributed by atoms with van der Waals surface area (Å²) in [4.78, 5) is 15.6. The van der Waals surface area contributed by atoms with E-state index in [0.717, 1.165) is 34.6 Å². The van der Waals surface area contributed by atoms with Crippen LogP contribution in [-0.4, -0.2) is 42.0 Å². The number of rotatable bonds is 4. The molecule has 0 radical (unpaired) electrons. The highest BCUT2D eigenvalue weighted by Crippen LogP contribution is 2.30. The van der Waals surface area contributed by atoms with E-state index in [2.05, 4.69) is 11.4 Å². The van der Waals surface area contributed by atoms with Crippen LogP contribution in [-0.2, 0) is 13.0 Å². The monoisotopic (exact) mass is 372 g/mol. The lowest BCUT2D eigenvalue weighted by Gasteiger charge is -2.21.